The van der Waals surface area contributed by atoms with E-state index in [4.69, 9.17) is 4.74 Å². The summed E-state index contributed by atoms with van der Waals surface area (Å²) in [4.78, 5) is 2.99. The summed E-state index contributed by atoms with van der Waals surface area (Å²) in [6.45, 7) is 6.32. The number of tetrazole rings is 1. The molecule has 8 heteroatoms. The van der Waals surface area contributed by atoms with E-state index in [0.717, 1.165) is 44.1 Å². The highest BCUT2D eigenvalue weighted by molar-refractivity contribution is 5.23. The number of hydrogen-bond acceptors (Lipinski definition) is 4. The smallest absolute Gasteiger partial charge is 0.214 e. The van der Waals surface area contributed by atoms with Crippen LogP contribution in [0.1, 0.15) is 23.0 Å². The zero-order valence-electron chi connectivity index (χ0n) is 17.3. The highest BCUT2D eigenvalue weighted by Crippen LogP contribution is 2.17. The maximum Gasteiger partial charge on any atom is 0.214 e. The molecule has 2 heterocycles. The Morgan fingerprint density at radius 1 is 1.03 bits per heavy atom. The first-order chi connectivity index (χ1) is 14.7. The molecule has 3 aromatic rings. The van der Waals surface area contributed by atoms with Gasteiger partial charge in [0, 0.05) is 18.2 Å². The van der Waals surface area contributed by atoms with Crippen LogP contribution < -0.4 is 9.80 Å². The number of quaternary nitrogens is 2. The average molecular weight is 413 g/mol. The largest absolute Gasteiger partial charge is 0.383 e. The average Bonchev–Trinajstić information content (AvgIpc) is 3.24. The molecule has 0 radical (unpaired) electrons. The van der Waals surface area contributed by atoms with Crippen molar-refractivity contribution in [3.8, 4) is 0 Å². The standard InChI is InChI=1S/C22H27FN6O/c1-30-16-15-29-22(24-25-26-29)21(19-7-9-20(23)10-8-19)28-13-11-27(12-14-28)17-18-5-3-2-4-6-18/h2-10,21H,11-17H2,1H3/p+2/t21-/m1/s1. The molecule has 7 nitrogen and oxygen atoms in total. The van der Waals surface area contributed by atoms with E-state index in [1.165, 1.54) is 22.6 Å². The van der Waals surface area contributed by atoms with Gasteiger partial charge in [-0.3, -0.25) is 0 Å². The van der Waals surface area contributed by atoms with E-state index >= 15 is 0 Å². The number of hydrogen-bond donors (Lipinski definition) is 2. The van der Waals surface area contributed by atoms with Gasteiger partial charge < -0.3 is 14.5 Å². The minimum atomic E-state index is -0.233. The maximum atomic E-state index is 13.6. The quantitative estimate of drug-likeness (QED) is 0.525. The second kappa shape index (κ2) is 9.88. The zero-order chi connectivity index (χ0) is 20.8. The van der Waals surface area contributed by atoms with Gasteiger partial charge in [0.25, 0.3) is 0 Å². The summed E-state index contributed by atoms with van der Waals surface area (Å²) in [6.07, 6.45) is 0. The molecule has 2 N–H and O–H groups in total. The molecule has 30 heavy (non-hydrogen) atoms. The summed E-state index contributed by atoms with van der Waals surface area (Å²) in [5, 5.41) is 12.4. The topological polar surface area (TPSA) is 61.7 Å². The Morgan fingerprint density at radius 2 is 1.77 bits per heavy atom. The maximum absolute atomic E-state index is 13.6. The van der Waals surface area contributed by atoms with E-state index in [2.05, 4.69) is 45.9 Å². The van der Waals surface area contributed by atoms with Crippen molar-refractivity contribution in [2.75, 3.05) is 39.9 Å². The van der Waals surface area contributed by atoms with E-state index in [0.29, 0.717) is 13.2 Å². The predicted octanol–water partition coefficient (Wildman–Crippen LogP) is -0.468. The van der Waals surface area contributed by atoms with Crippen molar-refractivity contribution < 1.29 is 18.9 Å². The Labute approximate surface area is 176 Å². The Bertz CT molecular complexity index is 909. The summed E-state index contributed by atoms with van der Waals surface area (Å²) in [5.41, 5.74) is 2.40. The van der Waals surface area contributed by atoms with E-state index in [1.807, 2.05) is 16.8 Å². The number of rotatable bonds is 8. The first-order valence-corrected chi connectivity index (χ1v) is 10.5. The van der Waals surface area contributed by atoms with Crippen molar-refractivity contribution >= 4 is 0 Å². The molecular weight excluding hydrogens is 383 g/mol. The fraction of sp³-hybridized carbons (Fsp3) is 0.409. The molecule has 4 rings (SSSR count). The van der Waals surface area contributed by atoms with Crippen LogP contribution in [0.5, 0.6) is 0 Å². The molecule has 0 spiro atoms. The monoisotopic (exact) mass is 412 g/mol. The Balaban J connectivity index is 1.52. The second-order valence-corrected chi connectivity index (χ2v) is 7.81. The van der Waals surface area contributed by atoms with Crippen LogP contribution in [0.3, 0.4) is 0 Å². The molecule has 1 aromatic heterocycles. The van der Waals surface area contributed by atoms with Crippen molar-refractivity contribution in [1.82, 2.24) is 20.2 Å². The van der Waals surface area contributed by atoms with Crippen LogP contribution in [-0.4, -0.2) is 60.1 Å². The molecule has 2 aromatic carbocycles. The lowest BCUT2D eigenvalue weighted by Crippen LogP contribution is -3.27. The second-order valence-electron chi connectivity index (χ2n) is 7.81. The van der Waals surface area contributed by atoms with Crippen molar-refractivity contribution in [2.24, 2.45) is 0 Å². The third-order valence-electron chi connectivity index (χ3n) is 5.83. The lowest BCUT2D eigenvalue weighted by Gasteiger charge is -2.34. The Kier molecular flexibility index (Phi) is 6.78. The zero-order valence-corrected chi connectivity index (χ0v) is 17.3. The van der Waals surface area contributed by atoms with E-state index in [1.54, 1.807) is 12.0 Å². The van der Waals surface area contributed by atoms with E-state index < -0.39 is 0 Å². The van der Waals surface area contributed by atoms with Crippen LogP contribution in [-0.2, 0) is 17.8 Å². The molecule has 0 bridgehead atoms. The summed E-state index contributed by atoms with van der Waals surface area (Å²) < 4.78 is 20.6. The third-order valence-corrected chi connectivity index (χ3v) is 5.83. The van der Waals surface area contributed by atoms with Crippen LogP contribution in [0, 0.1) is 5.82 Å². The van der Waals surface area contributed by atoms with Crippen LogP contribution in [0.2, 0.25) is 0 Å². The minimum Gasteiger partial charge on any atom is -0.383 e. The van der Waals surface area contributed by atoms with Crippen molar-refractivity contribution in [3.05, 3.63) is 77.4 Å². The van der Waals surface area contributed by atoms with Crippen molar-refractivity contribution in [1.29, 1.82) is 0 Å². The van der Waals surface area contributed by atoms with E-state index in [-0.39, 0.29) is 11.9 Å². The molecule has 1 fully saturated rings. The molecular formula is C22H29FN6O+2. The van der Waals surface area contributed by atoms with E-state index in [9.17, 15) is 4.39 Å². The molecule has 1 aliphatic rings. The number of nitrogens with zero attached hydrogens (tertiary/aromatic N) is 4. The molecule has 1 aliphatic heterocycles. The summed E-state index contributed by atoms with van der Waals surface area (Å²) in [6, 6.07) is 17.3. The number of benzene rings is 2. The number of halogens is 1. The number of methoxy groups -OCH3 is 1. The SMILES string of the molecule is COCCn1nnnc1[C@@H](c1ccc(F)cc1)[NH+]1CC[NH+](Cc2ccccc2)CC1. The Morgan fingerprint density at radius 3 is 2.47 bits per heavy atom. The summed E-state index contributed by atoms with van der Waals surface area (Å²) >= 11 is 0. The minimum absolute atomic E-state index is 0.0317. The number of nitrogens with one attached hydrogen (secondary N) is 2. The molecule has 158 valence electrons. The van der Waals surface area contributed by atoms with Gasteiger partial charge in [-0.1, -0.05) is 30.3 Å². The molecule has 1 saturated heterocycles. The molecule has 1 atom stereocenters. The van der Waals surface area contributed by atoms with Crippen molar-refractivity contribution in [2.45, 2.75) is 19.1 Å². The van der Waals surface area contributed by atoms with Gasteiger partial charge in [0.1, 0.15) is 38.5 Å². The van der Waals surface area contributed by atoms with Gasteiger partial charge in [-0.2, -0.15) is 0 Å². The first-order valence-electron chi connectivity index (χ1n) is 10.5. The van der Waals surface area contributed by atoms with Gasteiger partial charge in [-0.05, 0) is 34.7 Å². The van der Waals surface area contributed by atoms with Gasteiger partial charge in [0.15, 0.2) is 6.04 Å². The van der Waals surface area contributed by atoms with Crippen LogP contribution in [0.4, 0.5) is 4.39 Å². The third kappa shape index (κ3) is 4.89. The van der Waals surface area contributed by atoms with Gasteiger partial charge in [-0.25, -0.2) is 9.07 Å². The lowest BCUT2D eigenvalue weighted by molar-refractivity contribution is -1.03. The molecule has 0 aliphatic carbocycles. The van der Waals surface area contributed by atoms with Gasteiger partial charge >= 0.3 is 0 Å². The first kappa shape index (κ1) is 20.6. The predicted molar refractivity (Wildman–Crippen MR) is 109 cm³/mol. The molecule has 0 saturated carbocycles. The lowest BCUT2D eigenvalue weighted by atomic mass is 10.0. The normalized spacial score (nSPS) is 20.2. The fourth-order valence-electron chi connectivity index (χ4n) is 4.25. The van der Waals surface area contributed by atoms with Crippen LogP contribution in [0.25, 0.3) is 0 Å². The molecule has 0 unspecified atom stereocenters. The number of piperazine rings is 1. The summed E-state index contributed by atoms with van der Waals surface area (Å²) in [5.74, 6) is 0.573. The van der Waals surface area contributed by atoms with Gasteiger partial charge in [0.2, 0.25) is 5.82 Å². The highest BCUT2D eigenvalue weighted by atomic mass is 19.1. The van der Waals surface area contributed by atoms with Gasteiger partial charge in [0.05, 0.1) is 13.2 Å². The molecule has 0 amide bonds. The fourth-order valence-corrected chi connectivity index (χ4v) is 4.25. The summed E-state index contributed by atoms with van der Waals surface area (Å²) in [7, 11) is 1.67. The van der Waals surface area contributed by atoms with Crippen LogP contribution in [0.15, 0.2) is 54.6 Å². The highest BCUT2D eigenvalue weighted by Gasteiger charge is 2.35. The van der Waals surface area contributed by atoms with Crippen molar-refractivity contribution in [3.63, 3.8) is 0 Å². The number of aromatic nitrogens is 4. The van der Waals surface area contributed by atoms with Gasteiger partial charge in [-0.15, -0.1) is 5.10 Å². The number of ether oxygens (including phenoxy) is 1. The Hall–Kier alpha value is -2.68. The van der Waals surface area contributed by atoms with Crippen LogP contribution >= 0.6 is 0 Å².